The molecule has 0 amide bonds. The largest absolute Gasteiger partial charge is 0.490 e. The lowest BCUT2D eigenvalue weighted by molar-refractivity contribution is 0.154. The quantitative estimate of drug-likeness (QED) is 0.847. The first kappa shape index (κ1) is 13.9. The molecule has 0 aliphatic heterocycles. The summed E-state index contributed by atoms with van der Waals surface area (Å²) in [6.07, 6.45) is 6.32. The second-order valence-electron chi connectivity index (χ2n) is 4.83. The molecule has 0 radical (unpaired) electrons. The van der Waals surface area contributed by atoms with E-state index >= 15 is 0 Å². The predicted molar refractivity (Wildman–Crippen MR) is 72.5 cm³/mol. The Bertz CT molecular complexity index is 467. The summed E-state index contributed by atoms with van der Waals surface area (Å²) in [7, 11) is 0. The van der Waals surface area contributed by atoms with Crippen LogP contribution in [0.2, 0.25) is 0 Å². The Balaban J connectivity index is 2.05. The monoisotopic (exact) mass is 262 g/mol. The lowest BCUT2D eigenvalue weighted by Gasteiger charge is -2.23. The van der Waals surface area contributed by atoms with E-state index in [1.54, 1.807) is 6.07 Å². The number of ether oxygens (including phenoxy) is 1. The van der Waals surface area contributed by atoms with Crippen molar-refractivity contribution in [2.45, 2.75) is 44.6 Å². The molecule has 0 saturated heterocycles. The molecule has 1 saturated carbocycles. The lowest BCUT2D eigenvalue weighted by atomic mass is 9.98. The fraction of sp³-hybridized carbons (Fsp3) is 0.500. The topological polar surface area (TPSA) is 29.5 Å². The van der Waals surface area contributed by atoms with Gasteiger partial charge >= 0.3 is 0 Å². The molecule has 1 aliphatic carbocycles. The Morgan fingerprint density at radius 2 is 2.00 bits per heavy atom. The van der Waals surface area contributed by atoms with Crippen LogP contribution < -0.4 is 4.74 Å². The summed E-state index contributed by atoms with van der Waals surface area (Å²) in [5.41, 5.74) is 0.597. The van der Waals surface area contributed by atoms with E-state index in [0.717, 1.165) is 12.8 Å². The average Bonchev–Trinajstić information content (AvgIpc) is 2.39. The van der Waals surface area contributed by atoms with Gasteiger partial charge in [0.1, 0.15) is 11.6 Å². The Labute approximate surface area is 113 Å². The fourth-order valence-corrected chi connectivity index (χ4v) is 2.30. The molecule has 102 valence electrons. The van der Waals surface area contributed by atoms with Gasteiger partial charge in [0.15, 0.2) is 0 Å². The molecule has 1 fully saturated rings. The minimum absolute atomic E-state index is 0.0216. The van der Waals surface area contributed by atoms with Crippen LogP contribution in [-0.2, 0) is 0 Å². The number of hydrogen-bond donors (Lipinski definition) is 1. The predicted octanol–water partition coefficient (Wildman–Crippen LogP) is 3.27. The highest BCUT2D eigenvalue weighted by atomic mass is 19.1. The van der Waals surface area contributed by atoms with E-state index in [4.69, 9.17) is 9.84 Å². The third-order valence-electron chi connectivity index (χ3n) is 3.20. The molecule has 2 rings (SSSR count). The summed E-state index contributed by atoms with van der Waals surface area (Å²) < 4.78 is 19.3. The maximum absolute atomic E-state index is 13.5. The zero-order valence-electron chi connectivity index (χ0n) is 11.0. The maximum Gasteiger partial charge on any atom is 0.128 e. The molecular weight excluding hydrogens is 243 g/mol. The van der Waals surface area contributed by atoms with Crippen LogP contribution in [0.5, 0.6) is 5.75 Å². The van der Waals surface area contributed by atoms with E-state index in [1.165, 1.54) is 31.4 Å². The van der Waals surface area contributed by atoms with Crippen molar-refractivity contribution in [1.82, 2.24) is 0 Å². The van der Waals surface area contributed by atoms with Crippen LogP contribution in [0.15, 0.2) is 18.2 Å². The Kier molecular flexibility index (Phi) is 5.23. The van der Waals surface area contributed by atoms with Crippen molar-refractivity contribution in [2.75, 3.05) is 6.61 Å². The first-order valence-electron chi connectivity index (χ1n) is 6.85. The zero-order chi connectivity index (χ0) is 13.5. The molecule has 1 aliphatic rings. The van der Waals surface area contributed by atoms with Gasteiger partial charge in [0.2, 0.25) is 0 Å². The standard InChI is InChI=1S/C16H19FO2/c17-14-10-13(6-4-5-9-18)11-16(12-14)19-15-7-2-1-3-8-15/h10-12,15,18H,1-3,5,7-9H2. The number of aliphatic hydroxyl groups excluding tert-OH is 1. The summed E-state index contributed by atoms with van der Waals surface area (Å²) in [5, 5.41) is 8.67. The van der Waals surface area contributed by atoms with E-state index in [1.807, 2.05) is 0 Å². The number of aliphatic hydroxyl groups is 1. The van der Waals surface area contributed by atoms with Gasteiger partial charge in [-0.1, -0.05) is 18.3 Å². The van der Waals surface area contributed by atoms with Crippen LogP contribution in [0.25, 0.3) is 0 Å². The molecule has 1 aromatic carbocycles. The smallest absolute Gasteiger partial charge is 0.128 e. The van der Waals surface area contributed by atoms with Gasteiger partial charge in [-0.25, -0.2) is 4.39 Å². The molecule has 2 nitrogen and oxygen atoms in total. The molecule has 1 aromatic rings. The first-order chi connectivity index (χ1) is 9.28. The maximum atomic E-state index is 13.5. The third kappa shape index (κ3) is 4.57. The Morgan fingerprint density at radius 1 is 1.21 bits per heavy atom. The van der Waals surface area contributed by atoms with E-state index in [-0.39, 0.29) is 18.5 Å². The van der Waals surface area contributed by atoms with E-state index in [9.17, 15) is 4.39 Å². The van der Waals surface area contributed by atoms with Gasteiger partial charge in [-0.2, -0.15) is 0 Å². The molecule has 0 bridgehead atoms. The van der Waals surface area contributed by atoms with Crippen molar-refractivity contribution >= 4 is 0 Å². The molecule has 0 unspecified atom stereocenters. The first-order valence-corrected chi connectivity index (χ1v) is 6.85. The molecule has 0 aromatic heterocycles. The van der Waals surface area contributed by atoms with E-state index in [2.05, 4.69) is 11.8 Å². The number of hydrogen-bond acceptors (Lipinski definition) is 2. The lowest BCUT2D eigenvalue weighted by Crippen LogP contribution is -2.19. The van der Waals surface area contributed by atoms with Gasteiger partial charge in [0.25, 0.3) is 0 Å². The number of halogens is 1. The van der Waals surface area contributed by atoms with Crippen molar-refractivity contribution in [3.8, 4) is 17.6 Å². The SMILES string of the molecule is OCCC#Cc1cc(F)cc(OC2CCCCC2)c1. The second kappa shape index (κ2) is 7.16. The van der Waals surface area contributed by atoms with Gasteiger partial charge in [-0.3, -0.25) is 0 Å². The molecule has 3 heteroatoms. The van der Waals surface area contributed by atoms with Crippen LogP contribution in [0.4, 0.5) is 4.39 Å². The van der Waals surface area contributed by atoms with Crippen molar-refractivity contribution in [1.29, 1.82) is 0 Å². The van der Waals surface area contributed by atoms with Crippen LogP contribution >= 0.6 is 0 Å². The van der Waals surface area contributed by atoms with Crippen molar-refractivity contribution in [2.24, 2.45) is 0 Å². The van der Waals surface area contributed by atoms with Crippen LogP contribution in [0, 0.1) is 17.7 Å². The third-order valence-corrected chi connectivity index (χ3v) is 3.20. The summed E-state index contributed by atoms with van der Waals surface area (Å²) in [5.74, 6) is 5.85. The van der Waals surface area contributed by atoms with Crippen LogP contribution in [0.3, 0.4) is 0 Å². The highest BCUT2D eigenvalue weighted by molar-refractivity contribution is 5.40. The molecule has 0 atom stereocenters. The Hall–Kier alpha value is -1.53. The van der Waals surface area contributed by atoms with E-state index in [0.29, 0.717) is 17.7 Å². The van der Waals surface area contributed by atoms with Crippen molar-refractivity contribution in [3.63, 3.8) is 0 Å². The van der Waals surface area contributed by atoms with Crippen molar-refractivity contribution < 1.29 is 14.2 Å². The van der Waals surface area contributed by atoms with Gasteiger partial charge in [-0.15, -0.1) is 0 Å². The summed E-state index contributed by atoms with van der Waals surface area (Å²) in [6.45, 7) is 0.0216. The minimum atomic E-state index is -0.332. The van der Waals surface area contributed by atoms with Crippen molar-refractivity contribution in [3.05, 3.63) is 29.6 Å². The average molecular weight is 262 g/mol. The van der Waals surface area contributed by atoms with E-state index < -0.39 is 0 Å². The van der Waals surface area contributed by atoms with Gasteiger partial charge in [0.05, 0.1) is 12.7 Å². The Morgan fingerprint density at radius 3 is 2.74 bits per heavy atom. The second-order valence-corrected chi connectivity index (χ2v) is 4.83. The molecule has 0 spiro atoms. The molecule has 0 heterocycles. The number of rotatable bonds is 3. The van der Waals surface area contributed by atoms with Gasteiger partial charge in [-0.05, 0) is 37.8 Å². The molecule has 19 heavy (non-hydrogen) atoms. The summed E-state index contributed by atoms with van der Waals surface area (Å²) in [4.78, 5) is 0. The van der Waals surface area contributed by atoms with Gasteiger partial charge < -0.3 is 9.84 Å². The highest BCUT2D eigenvalue weighted by Gasteiger charge is 2.15. The fourth-order valence-electron chi connectivity index (χ4n) is 2.30. The highest BCUT2D eigenvalue weighted by Crippen LogP contribution is 2.24. The zero-order valence-corrected chi connectivity index (χ0v) is 11.0. The molecular formula is C16H19FO2. The summed E-state index contributed by atoms with van der Waals surface area (Å²) in [6, 6.07) is 4.56. The summed E-state index contributed by atoms with van der Waals surface area (Å²) >= 11 is 0. The molecule has 1 N–H and O–H groups in total. The van der Waals surface area contributed by atoms with Gasteiger partial charge in [0, 0.05) is 18.1 Å². The van der Waals surface area contributed by atoms with Crippen LogP contribution in [-0.4, -0.2) is 17.8 Å². The normalized spacial score (nSPS) is 15.7. The van der Waals surface area contributed by atoms with Crippen LogP contribution in [0.1, 0.15) is 44.1 Å². The minimum Gasteiger partial charge on any atom is -0.490 e. The number of benzene rings is 1.